The fourth-order valence-electron chi connectivity index (χ4n) is 3.76. The van der Waals surface area contributed by atoms with E-state index in [0.717, 1.165) is 0 Å². The molecule has 2 atom stereocenters. The van der Waals surface area contributed by atoms with Crippen molar-refractivity contribution in [2.24, 2.45) is 0 Å². The van der Waals surface area contributed by atoms with Gasteiger partial charge in [-0.2, -0.15) is 5.10 Å². The number of hydrogen-bond acceptors (Lipinski definition) is 4. The molecule has 30 heavy (non-hydrogen) atoms. The summed E-state index contributed by atoms with van der Waals surface area (Å²) in [5.74, 6) is 0.149. The molecule has 0 saturated carbocycles. The van der Waals surface area contributed by atoms with Crippen molar-refractivity contribution in [2.75, 3.05) is 20.2 Å². The standard InChI is InChI=1S/C23H24FN3O3/c1-15-13-26(14-16(2)30-15)23(28)22-12-21(19-6-4-5-7-20(19)24)25-27(22)17-8-10-18(29-3)11-9-17/h4-12,15-16H,13-14H2,1-3H3. The van der Waals surface area contributed by atoms with Gasteiger partial charge in [0.15, 0.2) is 0 Å². The number of methoxy groups -OCH3 is 1. The summed E-state index contributed by atoms with van der Waals surface area (Å²) in [6.07, 6.45) is -0.109. The molecule has 3 aromatic rings. The zero-order valence-electron chi connectivity index (χ0n) is 17.2. The number of rotatable bonds is 4. The van der Waals surface area contributed by atoms with Crippen LogP contribution in [0.25, 0.3) is 16.9 Å². The number of carbonyl (C=O) groups excluding carboxylic acids is 1. The van der Waals surface area contributed by atoms with Crippen molar-refractivity contribution >= 4 is 5.91 Å². The molecule has 1 amide bonds. The summed E-state index contributed by atoms with van der Waals surface area (Å²) in [6, 6.07) is 15.3. The van der Waals surface area contributed by atoms with Crippen LogP contribution in [0.15, 0.2) is 54.6 Å². The van der Waals surface area contributed by atoms with Crippen LogP contribution in [0.5, 0.6) is 5.75 Å². The van der Waals surface area contributed by atoms with Crippen molar-refractivity contribution in [2.45, 2.75) is 26.1 Å². The topological polar surface area (TPSA) is 56.6 Å². The third-order valence-electron chi connectivity index (χ3n) is 5.10. The molecule has 0 aliphatic carbocycles. The minimum absolute atomic E-state index is 0.0545. The average Bonchev–Trinajstić information content (AvgIpc) is 3.18. The normalized spacial score (nSPS) is 19.0. The molecule has 156 valence electrons. The van der Waals surface area contributed by atoms with Gasteiger partial charge in [0.25, 0.3) is 5.91 Å². The van der Waals surface area contributed by atoms with Crippen molar-refractivity contribution in [3.05, 3.63) is 66.1 Å². The maximum absolute atomic E-state index is 14.4. The summed E-state index contributed by atoms with van der Waals surface area (Å²) in [5, 5.41) is 4.58. The fraction of sp³-hybridized carbons (Fsp3) is 0.304. The molecule has 7 heteroatoms. The molecule has 1 saturated heterocycles. The molecule has 2 heterocycles. The number of halogens is 1. The second-order valence-corrected chi connectivity index (χ2v) is 7.47. The molecule has 2 unspecified atom stereocenters. The van der Waals surface area contributed by atoms with Crippen LogP contribution < -0.4 is 4.74 Å². The number of nitrogens with zero attached hydrogens (tertiary/aromatic N) is 3. The SMILES string of the molecule is COc1ccc(-n2nc(-c3ccccc3F)cc2C(=O)N2CC(C)OC(C)C2)cc1. The lowest BCUT2D eigenvalue weighted by atomic mass is 10.1. The van der Waals surface area contributed by atoms with E-state index in [1.54, 1.807) is 53.1 Å². The summed E-state index contributed by atoms with van der Waals surface area (Å²) >= 11 is 0. The Hall–Kier alpha value is -3.19. The van der Waals surface area contributed by atoms with Crippen LogP contribution in [0.4, 0.5) is 4.39 Å². The van der Waals surface area contributed by atoms with Gasteiger partial charge in [0.05, 0.1) is 30.7 Å². The third-order valence-corrected chi connectivity index (χ3v) is 5.10. The summed E-state index contributed by atoms with van der Waals surface area (Å²) in [4.78, 5) is 15.2. The Balaban J connectivity index is 1.79. The first-order chi connectivity index (χ1) is 14.5. The van der Waals surface area contributed by atoms with E-state index in [-0.39, 0.29) is 23.9 Å². The van der Waals surface area contributed by atoms with E-state index in [2.05, 4.69) is 5.10 Å². The molecular formula is C23H24FN3O3. The number of ether oxygens (including phenoxy) is 2. The molecule has 1 aliphatic rings. The van der Waals surface area contributed by atoms with E-state index < -0.39 is 0 Å². The maximum Gasteiger partial charge on any atom is 0.272 e. The Morgan fingerprint density at radius 2 is 1.77 bits per heavy atom. The van der Waals surface area contributed by atoms with E-state index in [4.69, 9.17) is 9.47 Å². The summed E-state index contributed by atoms with van der Waals surface area (Å²) in [5.41, 5.74) is 1.82. The highest BCUT2D eigenvalue weighted by Crippen LogP contribution is 2.26. The van der Waals surface area contributed by atoms with Gasteiger partial charge in [-0.25, -0.2) is 9.07 Å². The van der Waals surface area contributed by atoms with Crippen LogP contribution in [0.2, 0.25) is 0 Å². The molecule has 0 bridgehead atoms. The monoisotopic (exact) mass is 409 g/mol. The molecule has 2 aromatic carbocycles. The van der Waals surface area contributed by atoms with Gasteiger partial charge in [-0.3, -0.25) is 4.79 Å². The minimum atomic E-state index is -0.385. The number of amides is 1. The van der Waals surface area contributed by atoms with Crippen LogP contribution >= 0.6 is 0 Å². The van der Waals surface area contributed by atoms with Crippen LogP contribution in [0.3, 0.4) is 0 Å². The first-order valence-electron chi connectivity index (χ1n) is 9.90. The zero-order valence-corrected chi connectivity index (χ0v) is 17.2. The molecule has 0 spiro atoms. The largest absolute Gasteiger partial charge is 0.497 e. The molecule has 0 N–H and O–H groups in total. The van der Waals surface area contributed by atoms with Crippen molar-refractivity contribution in [3.8, 4) is 22.7 Å². The van der Waals surface area contributed by atoms with Crippen molar-refractivity contribution < 1.29 is 18.7 Å². The molecule has 1 aromatic heterocycles. The summed E-state index contributed by atoms with van der Waals surface area (Å²) < 4.78 is 26.9. The second-order valence-electron chi connectivity index (χ2n) is 7.47. The Bertz CT molecular complexity index is 1040. The smallest absolute Gasteiger partial charge is 0.272 e. The Kier molecular flexibility index (Phi) is 5.55. The Labute approximate surface area is 174 Å². The molecule has 4 rings (SSSR count). The van der Waals surface area contributed by atoms with Gasteiger partial charge < -0.3 is 14.4 Å². The van der Waals surface area contributed by atoms with E-state index in [9.17, 15) is 9.18 Å². The molecule has 0 radical (unpaired) electrons. The average molecular weight is 409 g/mol. The molecular weight excluding hydrogens is 385 g/mol. The second kappa shape index (κ2) is 8.28. The predicted octanol–water partition coefficient (Wildman–Crippen LogP) is 3.94. The number of carbonyl (C=O) groups is 1. The number of hydrogen-bond donors (Lipinski definition) is 0. The van der Waals surface area contributed by atoms with Gasteiger partial charge in [-0.1, -0.05) is 12.1 Å². The van der Waals surface area contributed by atoms with E-state index in [0.29, 0.717) is 41.5 Å². The summed E-state index contributed by atoms with van der Waals surface area (Å²) in [6.45, 7) is 4.88. The van der Waals surface area contributed by atoms with Crippen molar-refractivity contribution in [3.63, 3.8) is 0 Å². The lowest BCUT2D eigenvalue weighted by molar-refractivity contribution is -0.0588. The number of benzene rings is 2. The summed E-state index contributed by atoms with van der Waals surface area (Å²) in [7, 11) is 1.59. The molecule has 6 nitrogen and oxygen atoms in total. The fourth-order valence-corrected chi connectivity index (χ4v) is 3.76. The Morgan fingerprint density at radius 3 is 2.40 bits per heavy atom. The minimum Gasteiger partial charge on any atom is -0.497 e. The zero-order chi connectivity index (χ0) is 21.3. The highest BCUT2D eigenvalue weighted by atomic mass is 19.1. The highest BCUT2D eigenvalue weighted by Gasteiger charge is 2.29. The highest BCUT2D eigenvalue weighted by molar-refractivity contribution is 5.94. The van der Waals surface area contributed by atoms with E-state index >= 15 is 0 Å². The molecule has 1 fully saturated rings. The predicted molar refractivity (Wildman–Crippen MR) is 111 cm³/mol. The first-order valence-corrected chi connectivity index (χ1v) is 9.90. The molecule has 1 aliphatic heterocycles. The van der Waals surface area contributed by atoms with Crippen molar-refractivity contribution in [1.29, 1.82) is 0 Å². The van der Waals surface area contributed by atoms with E-state index in [1.807, 2.05) is 26.0 Å². The van der Waals surface area contributed by atoms with Gasteiger partial charge in [-0.15, -0.1) is 0 Å². The van der Waals surface area contributed by atoms with Gasteiger partial charge in [-0.05, 0) is 56.3 Å². The Morgan fingerprint density at radius 1 is 1.10 bits per heavy atom. The van der Waals surface area contributed by atoms with Gasteiger partial charge in [0, 0.05) is 18.7 Å². The lowest BCUT2D eigenvalue weighted by Crippen LogP contribution is -2.48. The van der Waals surface area contributed by atoms with Crippen LogP contribution in [-0.2, 0) is 4.74 Å². The van der Waals surface area contributed by atoms with E-state index in [1.165, 1.54) is 6.07 Å². The van der Waals surface area contributed by atoms with Crippen molar-refractivity contribution in [1.82, 2.24) is 14.7 Å². The van der Waals surface area contributed by atoms with Crippen LogP contribution in [0, 0.1) is 5.82 Å². The third kappa shape index (κ3) is 3.93. The maximum atomic E-state index is 14.4. The number of morpholine rings is 1. The number of aromatic nitrogens is 2. The van der Waals surface area contributed by atoms with Crippen LogP contribution in [0.1, 0.15) is 24.3 Å². The van der Waals surface area contributed by atoms with Crippen LogP contribution in [-0.4, -0.2) is 53.0 Å². The quantitative estimate of drug-likeness (QED) is 0.655. The first kappa shape index (κ1) is 20.1. The van der Waals surface area contributed by atoms with Gasteiger partial charge in [0.1, 0.15) is 17.3 Å². The lowest BCUT2D eigenvalue weighted by Gasteiger charge is -2.35. The van der Waals surface area contributed by atoms with Gasteiger partial charge >= 0.3 is 0 Å². The van der Waals surface area contributed by atoms with Gasteiger partial charge in [0.2, 0.25) is 0 Å².